The summed E-state index contributed by atoms with van der Waals surface area (Å²) in [6.07, 6.45) is -0.613. The summed E-state index contributed by atoms with van der Waals surface area (Å²) < 4.78 is 11.7. The highest BCUT2D eigenvalue weighted by molar-refractivity contribution is 9.10. The fourth-order valence-electron chi connectivity index (χ4n) is 1.75. The van der Waals surface area contributed by atoms with Gasteiger partial charge in [0.05, 0.1) is 11.0 Å². The Kier molecular flexibility index (Phi) is 4.43. The quantitative estimate of drug-likeness (QED) is 0.867. The molecule has 98 valence electrons. The Labute approximate surface area is 114 Å². The van der Waals surface area contributed by atoms with Crippen LogP contribution in [0.1, 0.15) is 5.56 Å². The normalized spacial score (nSPS) is 18.3. The number of ether oxygens (including phenoxy) is 2. The van der Waals surface area contributed by atoms with Gasteiger partial charge in [-0.25, -0.2) is 4.79 Å². The zero-order valence-corrected chi connectivity index (χ0v) is 11.6. The van der Waals surface area contributed by atoms with Crippen LogP contribution in [0.5, 0.6) is 5.75 Å². The summed E-state index contributed by atoms with van der Waals surface area (Å²) in [7, 11) is 1.88. The van der Waals surface area contributed by atoms with Crippen molar-refractivity contribution in [2.24, 2.45) is 0 Å². The summed E-state index contributed by atoms with van der Waals surface area (Å²) in [6.45, 7) is 1.56. The van der Waals surface area contributed by atoms with Gasteiger partial charge >= 0.3 is 6.09 Å². The molecule has 1 aliphatic rings. The standard InChI is InChI=1S/C12H15BrN2O3/c1-14-5-8-3-2-4-10(13)11(8)17-7-9-6-15-12(16)18-9/h2-4,9,14H,5-7H2,1H3,(H,15,16). The molecule has 0 radical (unpaired) electrons. The third kappa shape index (κ3) is 3.14. The van der Waals surface area contributed by atoms with Gasteiger partial charge in [0, 0.05) is 12.1 Å². The van der Waals surface area contributed by atoms with Crippen LogP contribution in [0.15, 0.2) is 22.7 Å². The first-order valence-corrected chi connectivity index (χ1v) is 6.49. The summed E-state index contributed by atoms with van der Waals surface area (Å²) in [5, 5.41) is 5.68. The lowest BCUT2D eigenvalue weighted by Gasteiger charge is -2.15. The van der Waals surface area contributed by atoms with Gasteiger partial charge in [-0.1, -0.05) is 12.1 Å². The molecule has 6 heteroatoms. The van der Waals surface area contributed by atoms with E-state index in [1.807, 2.05) is 25.2 Å². The van der Waals surface area contributed by atoms with Gasteiger partial charge in [0.1, 0.15) is 12.4 Å². The third-order valence-corrected chi connectivity index (χ3v) is 3.20. The highest BCUT2D eigenvalue weighted by Gasteiger charge is 2.23. The highest BCUT2D eigenvalue weighted by Crippen LogP contribution is 2.29. The first-order valence-electron chi connectivity index (χ1n) is 5.70. The first kappa shape index (κ1) is 13.2. The Morgan fingerprint density at radius 1 is 1.61 bits per heavy atom. The van der Waals surface area contributed by atoms with Crippen molar-refractivity contribution in [2.45, 2.75) is 12.6 Å². The molecule has 0 spiro atoms. The van der Waals surface area contributed by atoms with E-state index in [4.69, 9.17) is 9.47 Å². The van der Waals surface area contributed by atoms with E-state index in [1.54, 1.807) is 0 Å². The average molecular weight is 315 g/mol. The van der Waals surface area contributed by atoms with Crippen LogP contribution >= 0.6 is 15.9 Å². The molecule has 2 N–H and O–H groups in total. The van der Waals surface area contributed by atoms with Gasteiger partial charge in [-0.05, 0) is 29.0 Å². The number of nitrogens with one attached hydrogen (secondary N) is 2. The lowest BCUT2D eigenvalue weighted by atomic mass is 10.2. The zero-order valence-electron chi connectivity index (χ0n) is 10.0. The molecule has 1 aliphatic heterocycles. The fraction of sp³-hybridized carbons (Fsp3) is 0.417. The highest BCUT2D eigenvalue weighted by atomic mass is 79.9. The molecule has 0 bridgehead atoms. The molecule has 1 aromatic rings. The van der Waals surface area contributed by atoms with Crippen molar-refractivity contribution < 1.29 is 14.3 Å². The molecule has 1 heterocycles. The molecule has 1 fully saturated rings. The predicted molar refractivity (Wildman–Crippen MR) is 70.7 cm³/mol. The fourth-order valence-corrected chi connectivity index (χ4v) is 2.27. The van der Waals surface area contributed by atoms with E-state index in [1.165, 1.54) is 0 Å². The second kappa shape index (κ2) is 6.06. The number of benzene rings is 1. The summed E-state index contributed by atoms with van der Waals surface area (Å²) in [6, 6.07) is 5.88. The van der Waals surface area contributed by atoms with Crippen molar-refractivity contribution >= 4 is 22.0 Å². The van der Waals surface area contributed by atoms with Crippen LogP contribution in [0.25, 0.3) is 0 Å². The number of hydrogen-bond donors (Lipinski definition) is 2. The Bertz CT molecular complexity index is 439. The Morgan fingerprint density at radius 2 is 2.44 bits per heavy atom. The van der Waals surface area contributed by atoms with Crippen LogP contribution < -0.4 is 15.4 Å². The maximum atomic E-state index is 10.9. The van der Waals surface area contributed by atoms with Crippen molar-refractivity contribution in [3.8, 4) is 5.75 Å². The second-order valence-corrected chi connectivity index (χ2v) is 4.83. The number of halogens is 1. The predicted octanol–water partition coefficient (Wildman–Crippen LogP) is 1.66. The van der Waals surface area contributed by atoms with E-state index in [9.17, 15) is 4.79 Å². The molecule has 0 saturated carbocycles. The molecule has 18 heavy (non-hydrogen) atoms. The topological polar surface area (TPSA) is 59.6 Å². The Hall–Kier alpha value is -1.27. The van der Waals surface area contributed by atoms with Crippen LogP contribution in [-0.4, -0.2) is 32.4 Å². The number of rotatable bonds is 5. The number of amides is 1. The summed E-state index contributed by atoms with van der Waals surface area (Å²) in [5.41, 5.74) is 1.06. The largest absolute Gasteiger partial charge is 0.488 e. The third-order valence-electron chi connectivity index (χ3n) is 2.58. The number of carbonyl (C=O) groups excluding carboxylic acids is 1. The zero-order chi connectivity index (χ0) is 13.0. The van der Waals surface area contributed by atoms with Gasteiger partial charge < -0.3 is 20.1 Å². The average Bonchev–Trinajstić information content (AvgIpc) is 2.75. The number of hydrogen-bond acceptors (Lipinski definition) is 4. The molecule has 5 nitrogen and oxygen atoms in total. The Balaban J connectivity index is 2.01. The second-order valence-electron chi connectivity index (χ2n) is 3.98. The van der Waals surface area contributed by atoms with E-state index in [0.29, 0.717) is 13.2 Å². The van der Waals surface area contributed by atoms with Crippen molar-refractivity contribution in [1.29, 1.82) is 0 Å². The minimum absolute atomic E-state index is 0.230. The number of cyclic esters (lactones) is 1. The van der Waals surface area contributed by atoms with Crippen molar-refractivity contribution in [1.82, 2.24) is 10.6 Å². The molecular weight excluding hydrogens is 300 g/mol. The van der Waals surface area contributed by atoms with Gasteiger partial charge in [0.2, 0.25) is 0 Å². The van der Waals surface area contributed by atoms with Crippen molar-refractivity contribution in [3.63, 3.8) is 0 Å². The van der Waals surface area contributed by atoms with Gasteiger partial charge in [0.15, 0.2) is 6.10 Å². The Morgan fingerprint density at radius 3 is 3.11 bits per heavy atom. The van der Waals surface area contributed by atoms with Gasteiger partial charge in [-0.2, -0.15) is 0 Å². The van der Waals surface area contributed by atoms with Crippen molar-refractivity contribution in [3.05, 3.63) is 28.2 Å². The molecule has 0 aliphatic carbocycles. The molecule has 1 atom stereocenters. The lowest BCUT2D eigenvalue weighted by molar-refractivity contribution is 0.104. The first-order chi connectivity index (χ1) is 8.70. The number of alkyl carbamates (subject to hydrolysis) is 1. The summed E-state index contributed by atoms with van der Waals surface area (Å²) in [4.78, 5) is 10.9. The van der Waals surface area contributed by atoms with E-state index in [0.717, 1.165) is 22.3 Å². The van der Waals surface area contributed by atoms with Crippen LogP contribution in [0, 0.1) is 0 Å². The molecule has 0 aromatic heterocycles. The monoisotopic (exact) mass is 314 g/mol. The van der Waals surface area contributed by atoms with Crippen LogP contribution in [0.2, 0.25) is 0 Å². The molecule has 1 aromatic carbocycles. The van der Waals surface area contributed by atoms with Gasteiger partial charge in [-0.15, -0.1) is 0 Å². The minimum atomic E-state index is -0.383. The minimum Gasteiger partial charge on any atom is -0.488 e. The van der Waals surface area contributed by atoms with Crippen LogP contribution in [0.4, 0.5) is 4.79 Å². The SMILES string of the molecule is CNCc1cccc(Br)c1OCC1CNC(=O)O1. The molecule has 1 saturated heterocycles. The smallest absolute Gasteiger partial charge is 0.407 e. The number of carbonyl (C=O) groups is 1. The van der Waals surface area contributed by atoms with E-state index < -0.39 is 0 Å². The maximum absolute atomic E-state index is 10.9. The number of para-hydroxylation sites is 1. The summed E-state index contributed by atoms with van der Waals surface area (Å²) in [5.74, 6) is 0.787. The van der Waals surface area contributed by atoms with Gasteiger partial charge in [0.25, 0.3) is 0 Å². The van der Waals surface area contributed by atoms with E-state index >= 15 is 0 Å². The maximum Gasteiger partial charge on any atom is 0.407 e. The van der Waals surface area contributed by atoms with E-state index in [-0.39, 0.29) is 12.2 Å². The van der Waals surface area contributed by atoms with E-state index in [2.05, 4.69) is 26.6 Å². The molecule has 1 unspecified atom stereocenters. The molecule has 1 amide bonds. The lowest BCUT2D eigenvalue weighted by Crippen LogP contribution is -2.22. The van der Waals surface area contributed by atoms with Crippen LogP contribution in [-0.2, 0) is 11.3 Å². The molecular formula is C12H15BrN2O3. The summed E-state index contributed by atoms with van der Waals surface area (Å²) >= 11 is 3.46. The van der Waals surface area contributed by atoms with Gasteiger partial charge in [-0.3, -0.25) is 0 Å². The molecule has 2 rings (SSSR count). The van der Waals surface area contributed by atoms with Crippen LogP contribution in [0.3, 0.4) is 0 Å². The van der Waals surface area contributed by atoms with Crippen molar-refractivity contribution in [2.75, 3.05) is 20.2 Å².